The number of nitrogens with one attached hydrogen (secondary N) is 2. The minimum absolute atomic E-state index is 0.0137. The number of halogens is 1. The number of piperidine rings is 1. The molecule has 16 nitrogen and oxygen atoms in total. The van der Waals surface area contributed by atoms with Crippen LogP contribution in [0.2, 0.25) is 5.02 Å². The summed E-state index contributed by atoms with van der Waals surface area (Å²) in [5.74, 6) is -2.23. The number of carbonyl (C=O) groups excluding carboxylic acids is 6. The molecule has 17 heteroatoms. The van der Waals surface area contributed by atoms with Crippen molar-refractivity contribution in [1.29, 1.82) is 0 Å². The first kappa shape index (κ1) is 48.0. The van der Waals surface area contributed by atoms with Gasteiger partial charge in [-0.25, -0.2) is 4.79 Å². The molecule has 6 aromatic rings. The second-order valence-corrected chi connectivity index (χ2v) is 19.6. The minimum Gasteiger partial charge on any atom is -0.493 e. The molecular weight excluding hydrogens is 912 g/mol. The van der Waals surface area contributed by atoms with Crippen molar-refractivity contribution in [2.24, 2.45) is 7.05 Å². The summed E-state index contributed by atoms with van der Waals surface area (Å²) in [5.41, 5.74) is 5.35. The number of rotatable bonds is 14. The smallest absolute Gasteiger partial charge is 0.355 e. The van der Waals surface area contributed by atoms with E-state index in [-0.39, 0.29) is 36.4 Å². The summed E-state index contributed by atoms with van der Waals surface area (Å²) in [4.78, 5) is 84.6. The number of hydrogen-bond acceptors (Lipinski definition) is 11. The quantitative estimate of drug-likeness (QED) is 0.0648. The zero-order valence-corrected chi connectivity index (χ0v) is 41.1. The van der Waals surface area contributed by atoms with Crippen molar-refractivity contribution in [3.05, 3.63) is 112 Å². The third kappa shape index (κ3) is 9.25. The van der Waals surface area contributed by atoms with Gasteiger partial charge in [0.2, 0.25) is 17.7 Å². The maximum absolute atomic E-state index is 14.6. The Morgan fingerprint density at radius 3 is 2.33 bits per heavy atom. The molecule has 1 unspecified atom stereocenters. The molecule has 70 heavy (non-hydrogen) atoms. The number of aromatic nitrogens is 3. The number of benzene rings is 4. The number of amides is 5. The third-order valence-electron chi connectivity index (χ3n) is 13.5. The van der Waals surface area contributed by atoms with Crippen LogP contribution in [0.15, 0.2) is 72.8 Å². The van der Waals surface area contributed by atoms with Crippen molar-refractivity contribution in [2.75, 3.05) is 51.2 Å². The summed E-state index contributed by atoms with van der Waals surface area (Å²) >= 11 is 7.20. The van der Waals surface area contributed by atoms with E-state index in [0.29, 0.717) is 75.1 Å². The van der Waals surface area contributed by atoms with E-state index >= 15 is 0 Å². The van der Waals surface area contributed by atoms with Crippen LogP contribution in [-0.2, 0) is 39.1 Å². The van der Waals surface area contributed by atoms with E-state index < -0.39 is 41.2 Å². The second-order valence-electron chi connectivity index (χ2n) is 19.1. The van der Waals surface area contributed by atoms with Crippen molar-refractivity contribution in [3.8, 4) is 16.9 Å². The zero-order chi connectivity index (χ0) is 49.6. The van der Waals surface area contributed by atoms with Crippen LogP contribution in [0, 0.1) is 13.8 Å². The van der Waals surface area contributed by atoms with Gasteiger partial charge >= 0.3 is 5.97 Å². The predicted molar refractivity (Wildman–Crippen MR) is 266 cm³/mol. The summed E-state index contributed by atoms with van der Waals surface area (Å²) in [6.07, 6.45) is 1.20. The molecule has 1 atom stereocenters. The summed E-state index contributed by atoms with van der Waals surface area (Å²) in [6, 6.07) is 21.7. The van der Waals surface area contributed by atoms with E-state index in [1.165, 1.54) is 6.07 Å². The highest BCUT2D eigenvalue weighted by Crippen LogP contribution is 2.43. The largest absolute Gasteiger partial charge is 0.493 e. The Kier molecular flexibility index (Phi) is 13.3. The molecule has 364 valence electrons. The normalized spacial score (nSPS) is 16.6. The lowest BCUT2D eigenvalue weighted by molar-refractivity contribution is -0.136. The minimum atomic E-state index is -1.10. The van der Waals surface area contributed by atoms with Gasteiger partial charge in [-0.2, -0.15) is 5.10 Å². The lowest BCUT2D eigenvalue weighted by Gasteiger charge is -2.35. The molecule has 0 aliphatic carbocycles. The summed E-state index contributed by atoms with van der Waals surface area (Å²) in [6.45, 7) is 12.8. The SMILES string of the molecule is Cc1nn(C)c(C)c1-c1c(Cl)ccc2c(CCCOc3cccc4ccccc34)c(C(=O)OC(C)(C)C)n(CCN3CCN(C(=O)CNc4cccc5c4C(=O)N(C4CCC(=O)NC4=O)C5=O)CC3)c12. The zero-order valence-electron chi connectivity index (χ0n) is 40.3. The average molecular weight is 970 g/mol. The van der Waals surface area contributed by atoms with Gasteiger partial charge in [0.1, 0.15) is 23.1 Å². The Hall–Kier alpha value is -7.04. The molecule has 0 bridgehead atoms. The van der Waals surface area contributed by atoms with Gasteiger partial charge in [-0.1, -0.05) is 60.1 Å². The number of ether oxygens (including phenoxy) is 2. The maximum Gasteiger partial charge on any atom is 0.355 e. The van der Waals surface area contributed by atoms with E-state index in [0.717, 1.165) is 60.4 Å². The monoisotopic (exact) mass is 968 g/mol. The van der Waals surface area contributed by atoms with Gasteiger partial charge in [0, 0.05) is 86.0 Å². The number of aryl methyl sites for hydroxylation is 3. The summed E-state index contributed by atoms with van der Waals surface area (Å²) in [7, 11) is 1.91. The van der Waals surface area contributed by atoms with E-state index in [4.69, 9.17) is 26.2 Å². The van der Waals surface area contributed by atoms with Gasteiger partial charge in [0.05, 0.1) is 40.5 Å². The van der Waals surface area contributed by atoms with Crippen LogP contribution in [0.25, 0.3) is 32.8 Å². The van der Waals surface area contributed by atoms with E-state index in [1.54, 1.807) is 17.0 Å². The highest BCUT2D eigenvalue weighted by Gasteiger charge is 2.46. The van der Waals surface area contributed by atoms with E-state index in [2.05, 4.69) is 38.3 Å². The molecule has 0 spiro atoms. The van der Waals surface area contributed by atoms with Gasteiger partial charge in [0.15, 0.2) is 0 Å². The number of anilines is 1. The van der Waals surface area contributed by atoms with Crippen molar-refractivity contribution < 1.29 is 38.2 Å². The molecule has 9 rings (SSSR count). The Morgan fingerprint density at radius 1 is 0.857 bits per heavy atom. The van der Waals surface area contributed by atoms with Crippen molar-refractivity contribution >= 4 is 74.5 Å². The fourth-order valence-electron chi connectivity index (χ4n) is 10.1. The number of hydrogen-bond donors (Lipinski definition) is 2. The summed E-state index contributed by atoms with van der Waals surface area (Å²) in [5, 5.41) is 13.6. The first-order chi connectivity index (χ1) is 33.5. The van der Waals surface area contributed by atoms with Crippen LogP contribution in [0.4, 0.5) is 5.69 Å². The number of fused-ring (bicyclic) bond motifs is 3. The van der Waals surface area contributed by atoms with E-state index in [9.17, 15) is 28.8 Å². The highest BCUT2D eigenvalue weighted by molar-refractivity contribution is 6.35. The fraction of sp³-hybridized carbons (Fsp3) is 0.377. The molecule has 3 aliphatic heterocycles. The molecule has 2 saturated heterocycles. The fourth-order valence-corrected chi connectivity index (χ4v) is 10.3. The first-order valence-corrected chi connectivity index (χ1v) is 24.1. The van der Waals surface area contributed by atoms with Gasteiger partial charge in [-0.3, -0.25) is 43.8 Å². The number of imide groups is 2. The van der Waals surface area contributed by atoms with Gasteiger partial charge in [-0.15, -0.1) is 0 Å². The van der Waals surface area contributed by atoms with Crippen LogP contribution >= 0.6 is 11.6 Å². The Balaban J connectivity index is 0.939. The molecule has 5 heterocycles. The van der Waals surface area contributed by atoms with E-state index in [1.807, 2.05) is 82.7 Å². The molecule has 4 aromatic carbocycles. The Morgan fingerprint density at radius 2 is 1.60 bits per heavy atom. The third-order valence-corrected chi connectivity index (χ3v) is 13.8. The average Bonchev–Trinajstić information content (AvgIpc) is 3.88. The first-order valence-electron chi connectivity index (χ1n) is 23.8. The number of piperazine rings is 1. The predicted octanol–water partition coefficient (Wildman–Crippen LogP) is 7.09. The van der Waals surface area contributed by atoms with Crippen molar-refractivity contribution in [3.63, 3.8) is 0 Å². The number of nitrogens with zero attached hydrogens (tertiary/aromatic N) is 6. The lowest BCUT2D eigenvalue weighted by atomic mass is 9.98. The van der Waals surface area contributed by atoms with Gasteiger partial charge in [0.25, 0.3) is 11.8 Å². The lowest BCUT2D eigenvalue weighted by Crippen LogP contribution is -2.54. The van der Waals surface area contributed by atoms with Crippen molar-refractivity contribution in [1.82, 2.24) is 34.4 Å². The Labute approximate surface area is 410 Å². The standard InChI is InChI=1S/C53H57ClN8O8/c1-31-44(32(2)58(6)57-31)46-38(54)20-19-36-35(16-11-29-69-41-18-9-13-33-12-7-8-14-34(33)41)48(52(68)70-53(3,4)5)61(47(36)46)28-25-59-23-26-60(27-24-59)43(64)30-55-39-17-10-15-37-45(39)51(67)62(50(37)66)40-21-22-42(63)56-49(40)65/h7-10,12-15,17-20,40,55H,11,16,21-30H2,1-6H3,(H,56,63,65). The molecular formula is C53H57ClN8O8. The maximum atomic E-state index is 14.6. The molecule has 0 radical (unpaired) electrons. The van der Waals surface area contributed by atoms with Crippen LogP contribution in [-0.4, -0.2) is 122 Å². The topological polar surface area (TPSA) is 177 Å². The van der Waals surface area contributed by atoms with Gasteiger partial charge < -0.3 is 24.3 Å². The molecule has 5 amide bonds. The van der Waals surface area contributed by atoms with Crippen LogP contribution in [0.5, 0.6) is 5.75 Å². The molecule has 2 fully saturated rings. The van der Waals surface area contributed by atoms with Crippen LogP contribution in [0.3, 0.4) is 0 Å². The molecule has 2 aromatic heterocycles. The molecule has 3 aliphatic rings. The van der Waals surface area contributed by atoms with Gasteiger partial charge in [-0.05, 0) is 89.1 Å². The molecule has 0 saturated carbocycles. The highest BCUT2D eigenvalue weighted by atomic mass is 35.5. The van der Waals surface area contributed by atoms with Crippen molar-refractivity contribution in [2.45, 2.75) is 78.5 Å². The Bertz CT molecular complexity index is 3100. The molecule has 2 N–H and O–H groups in total. The summed E-state index contributed by atoms with van der Waals surface area (Å²) < 4.78 is 16.5. The number of carbonyl (C=O) groups is 6. The number of esters is 1. The van der Waals surface area contributed by atoms with Crippen LogP contribution < -0.4 is 15.4 Å². The second kappa shape index (κ2) is 19.4. The van der Waals surface area contributed by atoms with Crippen LogP contribution in [0.1, 0.15) is 88.2 Å².